The highest BCUT2D eigenvalue weighted by Crippen LogP contribution is 2.23. The van der Waals surface area contributed by atoms with E-state index in [9.17, 15) is 4.79 Å². The molecule has 0 unspecified atom stereocenters. The van der Waals surface area contributed by atoms with Gasteiger partial charge in [-0.05, 0) is 65.2 Å². The zero-order chi connectivity index (χ0) is 15.2. The number of carbonyl (C=O) groups excluding carboxylic acids is 1. The third-order valence-corrected chi connectivity index (χ3v) is 4.91. The number of hydrogen-bond acceptors (Lipinski definition) is 2. The van der Waals surface area contributed by atoms with Crippen LogP contribution in [0.1, 0.15) is 17.5 Å². The molecule has 0 aromatic heterocycles. The van der Waals surface area contributed by atoms with Crippen molar-refractivity contribution >= 4 is 39.3 Å². The summed E-state index contributed by atoms with van der Waals surface area (Å²) in [5, 5.41) is 2.92. The van der Waals surface area contributed by atoms with E-state index in [4.69, 9.17) is 0 Å². The van der Waals surface area contributed by atoms with Crippen molar-refractivity contribution < 1.29 is 4.79 Å². The molecule has 0 atom stereocenters. The predicted octanol–water partition coefficient (Wildman–Crippen LogP) is 5.19. The molecule has 4 heteroatoms. The lowest BCUT2D eigenvalue weighted by atomic mass is 10.1. The second-order valence-corrected chi connectivity index (χ2v) is 6.90. The Labute approximate surface area is 138 Å². The van der Waals surface area contributed by atoms with Gasteiger partial charge in [-0.3, -0.25) is 4.79 Å². The van der Waals surface area contributed by atoms with Crippen LogP contribution in [0.25, 0.3) is 0 Å². The van der Waals surface area contributed by atoms with Crippen LogP contribution in [-0.2, 0) is 4.79 Å². The molecule has 21 heavy (non-hydrogen) atoms. The van der Waals surface area contributed by atoms with Crippen molar-refractivity contribution in [2.75, 3.05) is 11.1 Å². The van der Waals surface area contributed by atoms with E-state index in [0.717, 1.165) is 15.9 Å². The highest BCUT2D eigenvalue weighted by atomic mass is 79.9. The number of benzene rings is 2. The Balaban J connectivity index is 1.82. The molecule has 0 radical (unpaired) electrons. The van der Waals surface area contributed by atoms with E-state index >= 15 is 0 Å². The highest BCUT2D eigenvalue weighted by Gasteiger charge is 2.05. The summed E-state index contributed by atoms with van der Waals surface area (Å²) < 4.78 is 0.903. The Kier molecular flexibility index (Phi) is 5.88. The molecule has 0 saturated carbocycles. The molecule has 0 saturated heterocycles. The van der Waals surface area contributed by atoms with Gasteiger partial charge in [0.2, 0.25) is 5.91 Å². The first-order valence-electron chi connectivity index (χ1n) is 6.80. The lowest BCUT2D eigenvalue weighted by Gasteiger charge is -2.07. The monoisotopic (exact) mass is 363 g/mol. The summed E-state index contributed by atoms with van der Waals surface area (Å²) in [6.45, 7) is 4.22. The Morgan fingerprint density at radius 3 is 2.62 bits per heavy atom. The molecule has 1 amide bonds. The Bertz CT molecular complexity index is 642. The van der Waals surface area contributed by atoms with E-state index in [1.807, 2.05) is 24.3 Å². The largest absolute Gasteiger partial charge is 0.325 e. The number of rotatable bonds is 5. The lowest BCUT2D eigenvalue weighted by molar-refractivity contribution is -0.115. The van der Waals surface area contributed by atoms with Gasteiger partial charge in [0, 0.05) is 21.5 Å². The molecule has 0 aliphatic carbocycles. The first-order chi connectivity index (χ1) is 10.1. The quantitative estimate of drug-likeness (QED) is 0.740. The van der Waals surface area contributed by atoms with E-state index in [2.05, 4.69) is 53.3 Å². The van der Waals surface area contributed by atoms with Crippen LogP contribution in [-0.4, -0.2) is 11.7 Å². The van der Waals surface area contributed by atoms with Crippen molar-refractivity contribution in [3.63, 3.8) is 0 Å². The number of nitrogens with one attached hydrogen (secondary N) is 1. The number of thioether (sulfide) groups is 1. The Morgan fingerprint density at radius 1 is 1.14 bits per heavy atom. The lowest BCUT2D eigenvalue weighted by Crippen LogP contribution is -2.12. The third kappa shape index (κ3) is 4.90. The van der Waals surface area contributed by atoms with Crippen molar-refractivity contribution in [3.05, 3.63) is 58.1 Å². The van der Waals surface area contributed by atoms with Gasteiger partial charge >= 0.3 is 0 Å². The fourth-order valence-corrected chi connectivity index (χ4v) is 3.17. The van der Waals surface area contributed by atoms with Crippen molar-refractivity contribution in [2.24, 2.45) is 0 Å². The van der Waals surface area contributed by atoms with Gasteiger partial charge in [-0.25, -0.2) is 0 Å². The minimum Gasteiger partial charge on any atom is -0.325 e. The van der Waals surface area contributed by atoms with Gasteiger partial charge in [0.05, 0.1) is 5.69 Å². The normalized spacial score (nSPS) is 10.4. The van der Waals surface area contributed by atoms with Gasteiger partial charge in [-0.2, -0.15) is 0 Å². The molecule has 0 spiro atoms. The predicted molar refractivity (Wildman–Crippen MR) is 94.0 cm³/mol. The second kappa shape index (κ2) is 7.66. The summed E-state index contributed by atoms with van der Waals surface area (Å²) in [6.07, 6.45) is 0.499. The molecule has 2 rings (SSSR count). The molecule has 0 aliphatic heterocycles. The van der Waals surface area contributed by atoms with Crippen LogP contribution in [0.2, 0.25) is 0 Å². The Morgan fingerprint density at radius 2 is 1.90 bits per heavy atom. The van der Waals surface area contributed by atoms with E-state index in [1.165, 1.54) is 16.0 Å². The van der Waals surface area contributed by atoms with E-state index in [-0.39, 0.29) is 5.91 Å². The molecule has 0 aliphatic rings. The van der Waals surface area contributed by atoms with Crippen LogP contribution in [0, 0.1) is 13.8 Å². The fourth-order valence-electron chi connectivity index (χ4n) is 1.84. The molecule has 0 fully saturated rings. The number of carbonyl (C=O) groups is 1. The highest BCUT2D eigenvalue weighted by molar-refractivity contribution is 9.10. The van der Waals surface area contributed by atoms with E-state index < -0.39 is 0 Å². The summed E-state index contributed by atoms with van der Waals surface area (Å²) >= 11 is 5.14. The third-order valence-electron chi connectivity index (χ3n) is 3.22. The van der Waals surface area contributed by atoms with Crippen molar-refractivity contribution in [1.82, 2.24) is 0 Å². The molecule has 0 heterocycles. The summed E-state index contributed by atoms with van der Waals surface area (Å²) in [4.78, 5) is 13.1. The Hall–Kier alpha value is -1.26. The molecule has 110 valence electrons. The van der Waals surface area contributed by atoms with Gasteiger partial charge in [-0.15, -0.1) is 11.8 Å². The maximum atomic E-state index is 11.9. The van der Waals surface area contributed by atoms with Gasteiger partial charge in [0.15, 0.2) is 0 Å². The number of anilines is 1. The number of aryl methyl sites for hydroxylation is 2. The molecule has 1 N–H and O–H groups in total. The summed E-state index contributed by atoms with van der Waals surface area (Å²) in [5.41, 5.74) is 3.40. The average molecular weight is 364 g/mol. The van der Waals surface area contributed by atoms with Crippen molar-refractivity contribution in [2.45, 2.75) is 25.2 Å². The smallest absolute Gasteiger partial charge is 0.225 e. The van der Waals surface area contributed by atoms with E-state index in [0.29, 0.717) is 6.42 Å². The first kappa shape index (κ1) is 16.1. The molecular weight excluding hydrogens is 346 g/mol. The van der Waals surface area contributed by atoms with Crippen LogP contribution in [0.15, 0.2) is 51.8 Å². The van der Waals surface area contributed by atoms with Crippen LogP contribution >= 0.6 is 27.7 Å². The van der Waals surface area contributed by atoms with Crippen LogP contribution < -0.4 is 5.32 Å². The van der Waals surface area contributed by atoms with Gasteiger partial charge in [0.25, 0.3) is 0 Å². The van der Waals surface area contributed by atoms with Crippen LogP contribution in [0.4, 0.5) is 5.69 Å². The molecule has 2 aromatic carbocycles. The fraction of sp³-hybridized carbons (Fsp3) is 0.235. The minimum atomic E-state index is 0.0400. The van der Waals surface area contributed by atoms with Crippen LogP contribution in [0.3, 0.4) is 0 Å². The molecular formula is C17H18BrNOS. The maximum absolute atomic E-state index is 11.9. The molecule has 2 nitrogen and oxygen atoms in total. The summed E-state index contributed by atoms with van der Waals surface area (Å²) in [6, 6.07) is 14.0. The van der Waals surface area contributed by atoms with Crippen LogP contribution in [0.5, 0.6) is 0 Å². The van der Waals surface area contributed by atoms with Gasteiger partial charge < -0.3 is 5.32 Å². The topological polar surface area (TPSA) is 29.1 Å². The number of para-hydroxylation sites is 1. The van der Waals surface area contributed by atoms with Gasteiger partial charge in [-0.1, -0.05) is 18.2 Å². The standard InChI is InChI=1S/C17H18BrNOS/c1-12-7-8-14(11-13(12)2)21-10-9-17(20)19-16-6-4-3-5-15(16)18/h3-8,11H,9-10H2,1-2H3,(H,19,20). The number of halogens is 1. The second-order valence-electron chi connectivity index (χ2n) is 4.87. The minimum absolute atomic E-state index is 0.0400. The van der Waals surface area contributed by atoms with Gasteiger partial charge in [0.1, 0.15) is 0 Å². The maximum Gasteiger partial charge on any atom is 0.225 e. The van der Waals surface area contributed by atoms with Crippen molar-refractivity contribution in [3.8, 4) is 0 Å². The van der Waals surface area contributed by atoms with Crippen molar-refractivity contribution in [1.29, 1.82) is 0 Å². The number of hydrogen-bond donors (Lipinski definition) is 1. The zero-order valence-corrected chi connectivity index (χ0v) is 14.6. The SMILES string of the molecule is Cc1ccc(SCCC(=O)Nc2ccccc2Br)cc1C. The number of amides is 1. The van der Waals surface area contributed by atoms with E-state index in [1.54, 1.807) is 11.8 Å². The average Bonchev–Trinajstić information content (AvgIpc) is 2.45. The molecule has 0 bridgehead atoms. The summed E-state index contributed by atoms with van der Waals surface area (Å²) in [5.74, 6) is 0.817. The first-order valence-corrected chi connectivity index (χ1v) is 8.58. The zero-order valence-electron chi connectivity index (χ0n) is 12.2. The molecule has 2 aromatic rings. The summed E-state index contributed by atoms with van der Waals surface area (Å²) in [7, 11) is 0.